The number of aromatic nitrogens is 1. The van der Waals surface area contributed by atoms with Crippen LogP contribution in [-0.2, 0) is 6.42 Å². The molecule has 20 heavy (non-hydrogen) atoms. The lowest BCUT2D eigenvalue weighted by Crippen LogP contribution is -2.41. The Kier molecular flexibility index (Phi) is 5.74. The summed E-state index contributed by atoms with van der Waals surface area (Å²) in [6.45, 7) is 9.76. The number of hydrogen-bond acceptors (Lipinski definition) is 4. The normalized spacial score (nSPS) is 14.3. The maximum Gasteiger partial charge on any atom is 0.273 e. The second kappa shape index (κ2) is 6.88. The molecule has 114 valence electrons. The van der Waals surface area contributed by atoms with Crippen LogP contribution >= 0.6 is 0 Å². The van der Waals surface area contributed by atoms with Gasteiger partial charge in [-0.15, -0.1) is 0 Å². The highest BCUT2D eigenvalue weighted by Gasteiger charge is 2.25. The third kappa shape index (κ3) is 4.07. The van der Waals surface area contributed by atoms with Crippen molar-refractivity contribution in [3.05, 3.63) is 17.0 Å². The summed E-state index contributed by atoms with van der Waals surface area (Å²) in [4.78, 5) is 14.3. The molecular weight excluding hydrogens is 254 g/mol. The van der Waals surface area contributed by atoms with Crippen LogP contribution in [0.4, 0.5) is 0 Å². The van der Waals surface area contributed by atoms with Crippen molar-refractivity contribution < 1.29 is 9.32 Å². The first-order chi connectivity index (χ1) is 9.33. The highest BCUT2D eigenvalue weighted by atomic mass is 16.5. The van der Waals surface area contributed by atoms with E-state index in [-0.39, 0.29) is 11.3 Å². The number of rotatable bonds is 7. The van der Waals surface area contributed by atoms with E-state index in [0.29, 0.717) is 12.2 Å². The van der Waals surface area contributed by atoms with E-state index in [0.717, 1.165) is 30.7 Å². The number of carbonyl (C=O) groups is 1. The van der Waals surface area contributed by atoms with Gasteiger partial charge < -0.3 is 14.7 Å². The van der Waals surface area contributed by atoms with Crippen molar-refractivity contribution in [2.24, 2.45) is 5.41 Å². The minimum absolute atomic E-state index is 0.0599. The van der Waals surface area contributed by atoms with E-state index in [2.05, 4.69) is 29.2 Å². The largest absolute Gasteiger partial charge is 0.360 e. The molecule has 0 aliphatic heterocycles. The highest BCUT2D eigenvalue weighted by molar-refractivity contribution is 5.93. The molecular formula is C15H27N3O2. The molecule has 0 saturated heterocycles. The molecule has 0 radical (unpaired) electrons. The molecule has 0 aromatic carbocycles. The third-order valence-corrected chi connectivity index (χ3v) is 3.78. The number of nitrogens with zero attached hydrogens (tertiary/aromatic N) is 2. The fraction of sp³-hybridized carbons (Fsp3) is 0.733. The average molecular weight is 281 g/mol. The summed E-state index contributed by atoms with van der Waals surface area (Å²) in [5.74, 6) is 0.631. The van der Waals surface area contributed by atoms with Gasteiger partial charge in [0.2, 0.25) is 0 Å². The number of nitrogens with one attached hydrogen (secondary N) is 1. The van der Waals surface area contributed by atoms with E-state index in [1.54, 1.807) is 0 Å². The fourth-order valence-corrected chi connectivity index (χ4v) is 2.34. The second-order valence-corrected chi connectivity index (χ2v) is 6.02. The Labute approximate surface area is 121 Å². The van der Waals surface area contributed by atoms with Crippen molar-refractivity contribution in [2.75, 3.05) is 27.2 Å². The van der Waals surface area contributed by atoms with Crippen LogP contribution in [0, 0.1) is 12.3 Å². The standard InChI is InChI=1S/C15H27N3O2/c1-7-12-11(3)13(17-20-12)14(19)16-9-15(4,8-2)10-18(5)6/h7-10H2,1-6H3,(H,16,19). The van der Waals surface area contributed by atoms with Crippen molar-refractivity contribution >= 4 is 5.91 Å². The first-order valence-electron chi connectivity index (χ1n) is 7.21. The molecule has 1 unspecified atom stereocenters. The van der Waals surface area contributed by atoms with E-state index in [1.165, 1.54) is 0 Å². The van der Waals surface area contributed by atoms with Crippen molar-refractivity contribution in [1.29, 1.82) is 0 Å². The number of amides is 1. The first kappa shape index (κ1) is 16.7. The Bertz CT molecular complexity index is 454. The number of hydrogen-bond donors (Lipinski definition) is 1. The highest BCUT2D eigenvalue weighted by Crippen LogP contribution is 2.21. The Morgan fingerprint density at radius 3 is 2.50 bits per heavy atom. The predicted molar refractivity (Wildman–Crippen MR) is 79.9 cm³/mol. The molecule has 1 aromatic rings. The summed E-state index contributed by atoms with van der Waals surface area (Å²) < 4.78 is 5.17. The van der Waals surface area contributed by atoms with Gasteiger partial charge in [0.25, 0.3) is 5.91 Å². The molecule has 1 aromatic heterocycles. The molecule has 0 aliphatic rings. The lowest BCUT2D eigenvalue weighted by Gasteiger charge is -2.31. The fourth-order valence-electron chi connectivity index (χ4n) is 2.34. The van der Waals surface area contributed by atoms with Gasteiger partial charge in [-0.1, -0.05) is 25.9 Å². The topological polar surface area (TPSA) is 58.4 Å². The minimum Gasteiger partial charge on any atom is -0.360 e. The SMILES string of the molecule is CCc1onc(C(=O)NCC(C)(CC)CN(C)C)c1C. The zero-order valence-corrected chi connectivity index (χ0v) is 13.5. The minimum atomic E-state index is -0.149. The van der Waals surface area contributed by atoms with Crippen molar-refractivity contribution in [3.63, 3.8) is 0 Å². The Morgan fingerprint density at radius 2 is 2.05 bits per heavy atom. The van der Waals surface area contributed by atoms with Crippen molar-refractivity contribution in [3.8, 4) is 0 Å². The summed E-state index contributed by atoms with van der Waals surface area (Å²) in [5, 5.41) is 6.86. The lowest BCUT2D eigenvalue weighted by molar-refractivity contribution is 0.0912. The van der Waals surface area contributed by atoms with E-state index in [9.17, 15) is 4.79 Å². The molecule has 1 amide bonds. The summed E-state index contributed by atoms with van der Waals surface area (Å²) in [6, 6.07) is 0. The lowest BCUT2D eigenvalue weighted by atomic mass is 9.87. The van der Waals surface area contributed by atoms with Crippen molar-refractivity contribution in [2.45, 2.75) is 40.5 Å². The maximum atomic E-state index is 12.2. The summed E-state index contributed by atoms with van der Waals surface area (Å²) in [5.41, 5.74) is 1.31. The van der Waals surface area contributed by atoms with Gasteiger partial charge in [0, 0.05) is 25.1 Å². The maximum absolute atomic E-state index is 12.2. The van der Waals surface area contributed by atoms with Crippen molar-refractivity contribution in [1.82, 2.24) is 15.4 Å². The predicted octanol–water partition coefficient (Wildman–Crippen LogP) is 2.25. The molecule has 1 N–H and O–H groups in total. The Balaban J connectivity index is 2.68. The number of carbonyl (C=O) groups excluding carboxylic acids is 1. The summed E-state index contributed by atoms with van der Waals surface area (Å²) in [7, 11) is 4.09. The molecule has 0 bridgehead atoms. The van der Waals surface area contributed by atoms with E-state index in [4.69, 9.17) is 4.52 Å². The number of aryl methyl sites for hydroxylation is 1. The molecule has 1 rings (SSSR count). The van der Waals surface area contributed by atoms with Gasteiger partial charge in [-0.05, 0) is 32.9 Å². The molecule has 1 heterocycles. The zero-order valence-electron chi connectivity index (χ0n) is 13.5. The van der Waals surface area contributed by atoms with Crippen LogP contribution in [0.25, 0.3) is 0 Å². The molecule has 5 heteroatoms. The van der Waals surface area contributed by atoms with Gasteiger partial charge >= 0.3 is 0 Å². The van der Waals surface area contributed by atoms with Crippen LogP contribution < -0.4 is 5.32 Å². The van der Waals surface area contributed by atoms with E-state index >= 15 is 0 Å². The summed E-state index contributed by atoms with van der Waals surface area (Å²) in [6.07, 6.45) is 1.75. The quantitative estimate of drug-likeness (QED) is 0.833. The molecule has 0 spiro atoms. The monoisotopic (exact) mass is 281 g/mol. The van der Waals surface area contributed by atoms with Gasteiger partial charge in [0.05, 0.1) is 0 Å². The Hall–Kier alpha value is -1.36. The van der Waals surface area contributed by atoms with Gasteiger partial charge in [0.15, 0.2) is 5.69 Å². The smallest absolute Gasteiger partial charge is 0.273 e. The Morgan fingerprint density at radius 1 is 1.40 bits per heavy atom. The first-order valence-corrected chi connectivity index (χ1v) is 7.21. The average Bonchev–Trinajstić information content (AvgIpc) is 2.76. The van der Waals surface area contributed by atoms with E-state index < -0.39 is 0 Å². The van der Waals surface area contributed by atoms with Crippen LogP contribution in [0.3, 0.4) is 0 Å². The molecule has 1 atom stereocenters. The van der Waals surface area contributed by atoms with Crippen LogP contribution in [0.2, 0.25) is 0 Å². The van der Waals surface area contributed by atoms with Crippen LogP contribution in [0.1, 0.15) is 49.0 Å². The van der Waals surface area contributed by atoms with E-state index in [1.807, 2.05) is 27.9 Å². The third-order valence-electron chi connectivity index (χ3n) is 3.78. The molecule has 0 saturated carbocycles. The molecule has 5 nitrogen and oxygen atoms in total. The van der Waals surface area contributed by atoms with Crippen LogP contribution in [-0.4, -0.2) is 43.1 Å². The van der Waals surface area contributed by atoms with Gasteiger partial charge in [0.1, 0.15) is 5.76 Å². The molecule has 0 fully saturated rings. The molecule has 0 aliphatic carbocycles. The van der Waals surface area contributed by atoms with Crippen LogP contribution in [0.15, 0.2) is 4.52 Å². The van der Waals surface area contributed by atoms with Gasteiger partial charge in [-0.3, -0.25) is 4.79 Å². The second-order valence-electron chi connectivity index (χ2n) is 6.02. The summed E-state index contributed by atoms with van der Waals surface area (Å²) >= 11 is 0. The van der Waals surface area contributed by atoms with Gasteiger partial charge in [-0.2, -0.15) is 0 Å². The zero-order chi connectivity index (χ0) is 15.3. The van der Waals surface area contributed by atoms with Crippen LogP contribution in [0.5, 0.6) is 0 Å². The van der Waals surface area contributed by atoms with Gasteiger partial charge in [-0.25, -0.2) is 0 Å².